The number of allylic oxidation sites excluding steroid dienone is 1. The van der Waals surface area contributed by atoms with Crippen molar-refractivity contribution < 1.29 is 14.4 Å². The van der Waals surface area contributed by atoms with Crippen LogP contribution in [0.2, 0.25) is 0 Å². The van der Waals surface area contributed by atoms with Crippen LogP contribution in [0.4, 0.5) is 10.5 Å². The second-order valence-corrected chi connectivity index (χ2v) is 10.2. The number of amides is 4. The van der Waals surface area contributed by atoms with Crippen molar-refractivity contribution in [1.82, 2.24) is 10.2 Å². The predicted molar refractivity (Wildman–Crippen MR) is 135 cm³/mol. The summed E-state index contributed by atoms with van der Waals surface area (Å²) in [5.74, 6) is -0.594. The third-order valence-corrected chi connectivity index (χ3v) is 5.69. The molecule has 0 aliphatic carbocycles. The number of rotatable bonds is 6. The van der Waals surface area contributed by atoms with Gasteiger partial charge in [-0.25, -0.2) is 9.69 Å². The largest absolute Gasteiger partial charge is 0.792 e. The molecule has 4 amide bonds. The molecule has 172 valence electrons. The first-order chi connectivity index (χ1) is 14.8. The molecule has 0 radical (unpaired) electrons. The number of hydrogen-bond acceptors (Lipinski definition) is 5. The molecule has 1 heterocycles. The average molecular weight is 551 g/mol. The first-order valence-corrected chi connectivity index (χ1v) is 11.1. The van der Waals surface area contributed by atoms with Crippen molar-refractivity contribution in [2.24, 2.45) is 5.16 Å². The third kappa shape index (κ3) is 5.76. The van der Waals surface area contributed by atoms with Crippen LogP contribution in [-0.4, -0.2) is 41.0 Å². The third-order valence-electron chi connectivity index (χ3n) is 5.11. The smallest absolute Gasteiger partial charge is 0.332 e. The van der Waals surface area contributed by atoms with Crippen molar-refractivity contribution >= 4 is 52.3 Å². The molecule has 32 heavy (non-hydrogen) atoms. The van der Waals surface area contributed by atoms with E-state index in [1.807, 2.05) is 34.7 Å². The first kappa shape index (κ1) is 25.6. The number of imide groups is 1. The lowest BCUT2D eigenvalue weighted by Gasteiger charge is -2.28. The number of anilines is 1. The van der Waals surface area contributed by atoms with Gasteiger partial charge in [-0.15, -0.1) is 0 Å². The molecule has 8 nitrogen and oxygen atoms in total. The Balaban J connectivity index is 2.38. The number of nitrogens with one attached hydrogen (secondary N) is 1. The highest BCUT2D eigenvalue weighted by Gasteiger charge is 2.51. The van der Waals surface area contributed by atoms with E-state index in [4.69, 9.17) is 0 Å². The molecule has 0 bridgehead atoms. The van der Waals surface area contributed by atoms with E-state index in [2.05, 4.69) is 31.2 Å². The van der Waals surface area contributed by atoms with E-state index >= 15 is 0 Å². The maximum absolute atomic E-state index is 13.3. The Kier molecular flexibility index (Phi) is 7.87. The monoisotopic (exact) mass is 551 g/mol. The summed E-state index contributed by atoms with van der Waals surface area (Å²) in [6.45, 7) is 11.1. The van der Waals surface area contributed by atoms with Crippen LogP contribution in [0, 0.1) is 5.21 Å². The van der Waals surface area contributed by atoms with Gasteiger partial charge in [0.25, 0.3) is 5.91 Å². The lowest BCUT2D eigenvalue weighted by molar-refractivity contribution is -0.123. The van der Waals surface area contributed by atoms with Crippen molar-refractivity contribution in [2.75, 3.05) is 11.4 Å². The quantitative estimate of drug-likeness (QED) is 0.141. The summed E-state index contributed by atoms with van der Waals surface area (Å²) in [6, 6.07) is 6.92. The number of nitrogens with zero attached hydrogens (tertiary/aromatic N) is 3. The fourth-order valence-corrected chi connectivity index (χ4v) is 4.04. The molecule has 1 aromatic carbocycles. The SMILES string of the molecule is CC(=O)N/C(I)=C/C(=C\C=N\[O-])CN1C(=O)N(c2ccc(C(C)(C)C)cc2)C(=O)C1(C)C. The summed E-state index contributed by atoms with van der Waals surface area (Å²) in [4.78, 5) is 40.4. The molecule has 1 fully saturated rings. The Bertz CT molecular complexity index is 988. The number of benzene rings is 1. The molecule has 2 rings (SSSR count). The van der Waals surface area contributed by atoms with Crippen molar-refractivity contribution in [3.63, 3.8) is 0 Å². The summed E-state index contributed by atoms with van der Waals surface area (Å²) in [6.07, 6.45) is 4.13. The Labute approximate surface area is 202 Å². The van der Waals surface area contributed by atoms with E-state index in [9.17, 15) is 19.6 Å². The summed E-state index contributed by atoms with van der Waals surface area (Å²) in [5, 5.41) is 16.0. The summed E-state index contributed by atoms with van der Waals surface area (Å²) >= 11 is 1.94. The minimum Gasteiger partial charge on any atom is -0.792 e. The minimum absolute atomic E-state index is 0.0479. The molecule has 0 atom stereocenters. The van der Waals surface area contributed by atoms with Crippen LogP contribution in [0.5, 0.6) is 0 Å². The van der Waals surface area contributed by atoms with Gasteiger partial charge in [-0.05, 0) is 77.3 Å². The van der Waals surface area contributed by atoms with Gasteiger partial charge in [-0.3, -0.25) is 9.59 Å². The summed E-state index contributed by atoms with van der Waals surface area (Å²) in [5.41, 5.74) is 0.959. The number of carbonyl (C=O) groups is 3. The Morgan fingerprint density at radius 1 is 1.22 bits per heavy atom. The highest BCUT2D eigenvalue weighted by molar-refractivity contribution is 14.1. The van der Waals surface area contributed by atoms with Gasteiger partial charge in [0.05, 0.1) is 9.39 Å². The van der Waals surface area contributed by atoms with Gasteiger partial charge in [-0.1, -0.05) is 32.9 Å². The van der Waals surface area contributed by atoms with E-state index < -0.39 is 11.6 Å². The van der Waals surface area contributed by atoms with E-state index in [1.165, 1.54) is 22.8 Å². The Morgan fingerprint density at radius 3 is 2.31 bits per heavy atom. The minimum atomic E-state index is -1.11. The fourth-order valence-electron chi connectivity index (χ4n) is 3.26. The van der Waals surface area contributed by atoms with Crippen molar-refractivity contribution in [2.45, 2.75) is 52.5 Å². The highest BCUT2D eigenvalue weighted by atomic mass is 127. The highest BCUT2D eigenvalue weighted by Crippen LogP contribution is 2.34. The zero-order valence-corrected chi connectivity index (χ0v) is 21.3. The van der Waals surface area contributed by atoms with E-state index in [0.717, 1.165) is 11.8 Å². The Hall–Kier alpha value is -2.69. The van der Waals surface area contributed by atoms with Crippen molar-refractivity contribution in [3.05, 3.63) is 56.5 Å². The lowest BCUT2D eigenvalue weighted by atomic mass is 9.87. The number of hydrogen-bond donors (Lipinski definition) is 1. The zero-order chi connectivity index (χ0) is 24.3. The molecule has 0 aromatic heterocycles. The topological polar surface area (TPSA) is 105 Å². The molecule has 0 saturated carbocycles. The maximum atomic E-state index is 13.3. The molecule has 1 N–H and O–H groups in total. The molecule has 0 spiro atoms. The van der Waals surface area contributed by atoms with Gasteiger partial charge >= 0.3 is 6.03 Å². The molecule has 1 aromatic rings. The molecule has 1 aliphatic heterocycles. The van der Waals surface area contributed by atoms with Gasteiger partial charge in [0.15, 0.2) is 0 Å². The molecular formula is C23H28IN4O4-. The fraction of sp³-hybridized carbons (Fsp3) is 0.391. The van der Waals surface area contributed by atoms with Gasteiger partial charge in [0.1, 0.15) is 5.54 Å². The zero-order valence-electron chi connectivity index (χ0n) is 19.1. The van der Waals surface area contributed by atoms with Gasteiger partial charge in [0, 0.05) is 19.7 Å². The van der Waals surface area contributed by atoms with Crippen LogP contribution in [0.25, 0.3) is 0 Å². The molecule has 9 heteroatoms. The second kappa shape index (κ2) is 9.85. The van der Waals surface area contributed by atoms with Gasteiger partial charge in [-0.2, -0.15) is 0 Å². The van der Waals surface area contributed by atoms with Gasteiger partial charge in [0.2, 0.25) is 5.91 Å². The van der Waals surface area contributed by atoms with Gasteiger partial charge < -0.3 is 20.6 Å². The average Bonchev–Trinajstić information content (AvgIpc) is 2.84. The molecule has 1 aliphatic rings. The number of carbonyl (C=O) groups excluding carboxylic acids is 3. The lowest BCUT2D eigenvalue weighted by Crippen LogP contribution is -2.45. The number of halogens is 1. The summed E-state index contributed by atoms with van der Waals surface area (Å²) in [7, 11) is 0. The predicted octanol–water partition coefficient (Wildman–Crippen LogP) is 4.44. The standard InChI is InChI=1S/C23H29IN4O4/c1-15(29)26-19(24)13-16(11-12-25-32)14-27-21(31)28(20(30)23(27,5)6)18-9-7-17(8-10-18)22(2,3)4/h7-13,32H,14H2,1-6H3,(H,26,29)/p-1/b16-11+,19-13+,25-12+. The van der Waals surface area contributed by atoms with Crippen molar-refractivity contribution in [3.8, 4) is 0 Å². The number of urea groups is 1. The second-order valence-electron chi connectivity index (χ2n) is 9.03. The van der Waals surface area contributed by atoms with Crippen LogP contribution in [0.1, 0.15) is 47.1 Å². The molecular weight excluding hydrogens is 523 g/mol. The summed E-state index contributed by atoms with van der Waals surface area (Å²) < 4.78 is 0.506. The van der Waals surface area contributed by atoms with E-state index in [0.29, 0.717) is 15.0 Å². The normalized spacial score (nSPS) is 17.5. The van der Waals surface area contributed by atoms with Crippen molar-refractivity contribution in [1.29, 1.82) is 0 Å². The van der Waals surface area contributed by atoms with Crippen LogP contribution >= 0.6 is 22.6 Å². The van der Waals surface area contributed by atoms with Crippen LogP contribution in [0.3, 0.4) is 0 Å². The molecule has 1 saturated heterocycles. The van der Waals surface area contributed by atoms with Crippen LogP contribution in [-0.2, 0) is 15.0 Å². The maximum Gasteiger partial charge on any atom is 0.332 e. The molecule has 0 unspecified atom stereocenters. The van der Waals surface area contributed by atoms with E-state index in [-0.39, 0.29) is 23.8 Å². The Morgan fingerprint density at radius 2 is 1.81 bits per heavy atom. The van der Waals surface area contributed by atoms with Crippen LogP contribution in [0.15, 0.2) is 50.9 Å². The first-order valence-electron chi connectivity index (χ1n) is 10.1. The van der Waals surface area contributed by atoms with E-state index in [1.54, 1.807) is 32.1 Å². The van der Waals surface area contributed by atoms with Crippen LogP contribution < -0.4 is 10.2 Å².